The number of alkyl halides is 2. The number of anilines is 1. The van der Waals surface area contributed by atoms with Gasteiger partial charge in [0.2, 0.25) is 18.8 Å². The summed E-state index contributed by atoms with van der Waals surface area (Å²) in [6.45, 7) is 1.23. The predicted molar refractivity (Wildman–Crippen MR) is 83.6 cm³/mol. The van der Waals surface area contributed by atoms with Crippen molar-refractivity contribution in [3.8, 4) is 0 Å². The quantitative estimate of drug-likeness (QED) is 0.727. The van der Waals surface area contributed by atoms with Crippen molar-refractivity contribution in [2.75, 3.05) is 24.9 Å². The summed E-state index contributed by atoms with van der Waals surface area (Å²) in [7, 11) is 0. The first-order valence-corrected chi connectivity index (χ1v) is 7.28. The van der Waals surface area contributed by atoms with Crippen molar-refractivity contribution >= 4 is 29.2 Å². The summed E-state index contributed by atoms with van der Waals surface area (Å²) in [6.07, 6.45) is 1.76. The third kappa shape index (κ3) is 3.67. The molecule has 0 aliphatic carbocycles. The van der Waals surface area contributed by atoms with E-state index in [4.69, 9.17) is 11.6 Å². The number of halogens is 4. The number of benzene rings is 1. The van der Waals surface area contributed by atoms with Crippen LogP contribution in [0.4, 0.5) is 18.9 Å². The SMILES string of the molecule is Cc1cc(N2C(=O)C=C(F)N3CCCN=C32)ccc1Cl.FCF. The number of fused-ring (bicyclic) bond motifs is 1. The van der Waals surface area contributed by atoms with E-state index in [0.29, 0.717) is 29.8 Å². The Kier molecular flexibility index (Phi) is 5.65. The molecular weight excluding hydrogens is 331 g/mol. The largest absolute Gasteiger partial charge is 0.288 e. The van der Waals surface area contributed by atoms with Crippen LogP contribution in [0.1, 0.15) is 12.0 Å². The molecule has 0 saturated heterocycles. The zero-order valence-electron chi connectivity index (χ0n) is 12.4. The molecule has 2 aliphatic rings. The number of nitrogens with zero attached hydrogens (tertiary/aromatic N) is 3. The van der Waals surface area contributed by atoms with Gasteiger partial charge in [-0.25, -0.2) is 13.7 Å². The van der Waals surface area contributed by atoms with E-state index in [1.54, 1.807) is 18.2 Å². The highest BCUT2D eigenvalue weighted by molar-refractivity contribution is 6.31. The predicted octanol–water partition coefficient (Wildman–Crippen LogP) is 3.75. The van der Waals surface area contributed by atoms with Gasteiger partial charge in [0.1, 0.15) is 0 Å². The molecule has 0 bridgehead atoms. The van der Waals surface area contributed by atoms with E-state index < -0.39 is 18.8 Å². The van der Waals surface area contributed by atoms with Crippen LogP contribution in [0.5, 0.6) is 0 Å². The summed E-state index contributed by atoms with van der Waals surface area (Å²) in [5, 5.41) is 0.627. The molecule has 1 aromatic rings. The number of amides is 1. The first-order chi connectivity index (χ1) is 11.0. The third-order valence-corrected chi connectivity index (χ3v) is 3.78. The maximum absolute atomic E-state index is 13.8. The molecule has 0 saturated carbocycles. The van der Waals surface area contributed by atoms with Crippen LogP contribution in [0, 0.1) is 6.92 Å². The Hall–Kier alpha value is -2.02. The van der Waals surface area contributed by atoms with Gasteiger partial charge in [0.15, 0.2) is 0 Å². The summed E-state index contributed by atoms with van der Waals surface area (Å²) in [6, 6.07) is 5.26. The lowest BCUT2D eigenvalue weighted by Gasteiger charge is -2.37. The lowest BCUT2D eigenvalue weighted by molar-refractivity contribution is -0.113. The van der Waals surface area contributed by atoms with Crippen molar-refractivity contribution in [3.63, 3.8) is 0 Å². The molecule has 2 aliphatic heterocycles. The van der Waals surface area contributed by atoms with Crippen LogP contribution >= 0.6 is 11.6 Å². The Morgan fingerprint density at radius 3 is 2.70 bits per heavy atom. The summed E-state index contributed by atoms with van der Waals surface area (Å²) in [4.78, 5) is 19.3. The third-order valence-electron chi connectivity index (χ3n) is 3.36. The van der Waals surface area contributed by atoms with Crippen LogP contribution in [-0.4, -0.2) is 36.8 Å². The van der Waals surface area contributed by atoms with E-state index in [2.05, 4.69) is 4.99 Å². The van der Waals surface area contributed by atoms with Crippen molar-refractivity contribution in [1.29, 1.82) is 0 Å². The highest BCUT2D eigenvalue weighted by Crippen LogP contribution is 2.28. The number of hydrogen-bond acceptors (Lipinski definition) is 3. The summed E-state index contributed by atoms with van der Waals surface area (Å²) in [5.74, 6) is -0.625. The maximum Gasteiger partial charge on any atom is 0.262 e. The van der Waals surface area contributed by atoms with Crippen LogP contribution in [0.2, 0.25) is 5.02 Å². The van der Waals surface area contributed by atoms with Gasteiger partial charge in [-0.3, -0.25) is 14.7 Å². The number of carbonyl (C=O) groups excluding carboxylic acids is 1. The molecule has 4 nitrogen and oxygen atoms in total. The molecule has 0 fully saturated rings. The van der Waals surface area contributed by atoms with Crippen molar-refractivity contribution in [1.82, 2.24) is 4.90 Å². The topological polar surface area (TPSA) is 35.9 Å². The van der Waals surface area contributed by atoms with Gasteiger partial charge >= 0.3 is 0 Å². The minimum absolute atomic E-state index is 0.350. The zero-order chi connectivity index (χ0) is 17.0. The second-order valence-corrected chi connectivity index (χ2v) is 5.27. The van der Waals surface area contributed by atoms with Crippen molar-refractivity contribution in [2.24, 2.45) is 4.99 Å². The van der Waals surface area contributed by atoms with E-state index in [0.717, 1.165) is 18.1 Å². The van der Waals surface area contributed by atoms with Crippen LogP contribution in [-0.2, 0) is 4.79 Å². The Morgan fingerprint density at radius 2 is 2.04 bits per heavy atom. The van der Waals surface area contributed by atoms with Gasteiger partial charge < -0.3 is 0 Å². The van der Waals surface area contributed by atoms with Gasteiger partial charge in [-0.2, -0.15) is 4.39 Å². The fourth-order valence-electron chi connectivity index (χ4n) is 2.34. The Labute approximate surface area is 136 Å². The van der Waals surface area contributed by atoms with Gasteiger partial charge in [0, 0.05) is 18.1 Å². The van der Waals surface area contributed by atoms with E-state index in [9.17, 15) is 18.0 Å². The summed E-state index contributed by atoms with van der Waals surface area (Å²) >= 11 is 6.00. The van der Waals surface area contributed by atoms with Crippen LogP contribution in [0.15, 0.2) is 35.2 Å². The number of hydrogen-bond donors (Lipinski definition) is 0. The average Bonchev–Trinajstić information content (AvgIpc) is 2.51. The molecule has 0 spiro atoms. The number of carbonyl (C=O) groups is 1. The van der Waals surface area contributed by atoms with E-state index in [1.807, 2.05) is 6.92 Å². The molecule has 0 aromatic heterocycles. The Balaban J connectivity index is 0.000000595. The van der Waals surface area contributed by atoms with Crippen molar-refractivity contribution in [2.45, 2.75) is 13.3 Å². The van der Waals surface area contributed by atoms with Crippen LogP contribution < -0.4 is 4.90 Å². The molecular formula is C15H15ClF3N3O. The smallest absolute Gasteiger partial charge is 0.262 e. The summed E-state index contributed by atoms with van der Waals surface area (Å²) in [5.41, 5.74) is 1.50. The average molecular weight is 346 g/mol. The highest BCUT2D eigenvalue weighted by atomic mass is 35.5. The first kappa shape index (κ1) is 17.3. The molecule has 3 rings (SSSR count). The molecule has 1 aromatic carbocycles. The molecule has 124 valence electrons. The van der Waals surface area contributed by atoms with Crippen molar-refractivity contribution < 1.29 is 18.0 Å². The number of aliphatic imine (C=N–C) groups is 1. The molecule has 0 unspecified atom stereocenters. The van der Waals surface area contributed by atoms with Crippen LogP contribution in [0.3, 0.4) is 0 Å². The number of rotatable bonds is 1. The van der Waals surface area contributed by atoms with Crippen molar-refractivity contribution in [3.05, 3.63) is 40.8 Å². The lowest BCUT2D eigenvalue weighted by atomic mass is 10.2. The van der Waals surface area contributed by atoms with E-state index in [-0.39, 0.29) is 0 Å². The van der Waals surface area contributed by atoms with Gasteiger partial charge in [0.05, 0.1) is 11.8 Å². The molecule has 23 heavy (non-hydrogen) atoms. The van der Waals surface area contributed by atoms with Gasteiger partial charge in [-0.05, 0) is 37.1 Å². The molecule has 8 heteroatoms. The number of aryl methyl sites for hydroxylation is 1. The van der Waals surface area contributed by atoms with E-state index >= 15 is 0 Å². The van der Waals surface area contributed by atoms with E-state index in [1.165, 1.54) is 9.80 Å². The molecule has 1 amide bonds. The fourth-order valence-corrected chi connectivity index (χ4v) is 2.46. The normalized spacial score (nSPS) is 17.0. The second-order valence-electron chi connectivity index (χ2n) is 4.86. The number of guanidine groups is 1. The first-order valence-electron chi connectivity index (χ1n) is 6.91. The van der Waals surface area contributed by atoms with Gasteiger partial charge in [-0.1, -0.05) is 11.6 Å². The summed E-state index contributed by atoms with van der Waals surface area (Å²) < 4.78 is 33.1. The fraction of sp³-hybridized carbons (Fsp3) is 0.333. The minimum Gasteiger partial charge on any atom is -0.288 e. The zero-order valence-corrected chi connectivity index (χ0v) is 13.2. The second kappa shape index (κ2) is 7.50. The van der Waals surface area contributed by atoms with Gasteiger partial charge in [-0.15, -0.1) is 0 Å². The van der Waals surface area contributed by atoms with Gasteiger partial charge in [0.25, 0.3) is 5.91 Å². The molecule has 2 heterocycles. The Morgan fingerprint density at radius 1 is 1.35 bits per heavy atom. The Bertz CT molecular complexity index is 663. The monoisotopic (exact) mass is 345 g/mol. The maximum atomic E-state index is 13.8. The molecule has 0 N–H and O–H groups in total. The minimum atomic E-state index is -1.75. The lowest BCUT2D eigenvalue weighted by Crippen LogP contribution is -2.52. The standard InChI is InChI=1S/C14H13ClFN3O.CH2F2/c1-9-7-10(3-4-11(9)15)19-13(20)8-12(16)18-6-2-5-17-14(18)19;2-1-3/h3-4,7-8H,2,5-6H2,1H3;1H2. The molecule has 0 atom stereocenters. The van der Waals surface area contributed by atoms with Crippen LogP contribution in [0.25, 0.3) is 0 Å². The molecule has 0 radical (unpaired) electrons. The highest BCUT2D eigenvalue weighted by Gasteiger charge is 2.34.